The van der Waals surface area contributed by atoms with Gasteiger partial charge in [0.1, 0.15) is 6.04 Å². The smallest absolute Gasteiger partial charge is 0.716 e. The molecule has 0 heterocycles. The molecular formula is C3H6NNaO5S2. The minimum absolute atomic E-state index is 0. The number of carbonyl (C=O) groups excluding carboxylic acids is 1. The molecule has 0 aliphatic carbocycles. The van der Waals surface area contributed by atoms with Crippen LogP contribution in [-0.2, 0) is 19.4 Å². The number of thiol groups is 1. The summed E-state index contributed by atoms with van der Waals surface area (Å²) in [5.74, 6) is -1.39. The number of hydrogen-bond donors (Lipinski definition) is 2. The zero-order valence-corrected chi connectivity index (χ0v) is 9.97. The third-order valence-corrected chi connectivity index (χ3v) is 1.45. The number of hydrogen-bond acceptors (Lipinski definition) is 7. The third-order valence-electron chi connectivity index (χ3n) is 0.684. The van der Waals surface area contributed by atoms with E-state index >= 15 is 0 Å². The quantitative estimate of drug-likeness (QED) is 0.215. The zero-order chi connectivity index (χ0) is 9.07. The van der Waals surface area contributed by atoms with E-state index in [2.05, 4.69) is 16.8 Å². The van der Waals surface area contributed by atoms with Gasteiger partial charge in [0, 0.05) is 5.75 Å². The van der Waals surface area contributed by atoms with Gasteiger partial charge in [-0.05, 0) is 0 Å². The van der Waals surface area contributed by atoms with Gasteiger partial charge in [-0.15, -0.1) is 0 Å². The summed E-state index contributed by atoms with van der Waals surface area (Å²) >= 11 is 3.58. The molecule has 0 fully saturated rings. The second kappa shape index (κ2) is 6.19. The monoisotopic (exact) mass is 223 g/mol. The van der Waals surface area contributed by atoms with Crippen molar-refractivity contribution in [2.24, 2.45) is 5.73 Å². The van der Waals surface area contributed by atoms with Crippen molar-refractivity contribution in [1.82, 2.24) is 0 Å². The number of rotatable bonds is 3. The van der Waals surface area contributed by atoms with Crippen LogP contribution in [0.25, 0.3) is 0 Å². The van der Waals surface area contributed by atoms with E-state index in [-0.39, 0.29) is 35.3 Å². The van der Waals surface area contributed by atoms with Crippen LogP contribution in [0, 0.1) is 0 Å². The standard InChI is InChI=1S/C3H7NO5S2.Na/c4-2(1-10)3(5)9-11(6,7)8;/h2,10H,1,4H2,(H,6,7,8);/q;+1/p-1/t2-;/m0./s1. The Balaban J connectivity index is 0. The summed E-state index contributed by atoms with van der Waals surface area (Å²) in [6, 6.07) is -1.19. The van der Waals surface area contributed by atoms with Crippen LogP contribution in [0.5, 0.6) is 0 Å². The summed E-state index contributed by atoms with van der Waals surface area (Å²) < 4.78 is 32.7. The molecule has 0 amide bonds. The van der Waals surface area contributed by atoms with Gasteiger partial charge < -0.3 is 14.5 Å². The van der Waals surface area contributed by atoms with Crippen molar-refractivity contribution in [3.05, 3.63) is 0 Å². The fraction of sp³-hybridized carbons (Fsp3) is 0.667. The van der Waals surface area contributed by atoms with E-state index in [0.717, 1.165) is 0 Å². The molecule has 0 saturated heterocycles. The fourth-order valence-corrected chi connectivity index (χ4v) is 0.711. The minimum atomic E-state index is -4.99. The summed E-state index contributed by atoms with van der Waals surface area (Å²) in [4.78, 5) is 10.4. The second-order valence-electron chi connectivity index (χ2n) is 1.60. The van der Waals surface area contributed by atoms with Gasteiger partial charge in [0.2, 0.25) is 0 Å². The SMILES string of the molecule is N[C@@H](CS)C(=O)OS(=O)(=O)[O-].[Na+]. The molecule has 0 aromatic rings. The molecule has 0 aliphatic rings. The van der Waals surface area contributed by atoms with Crippen molar-refractivity contribution in [3.63, 3.8) is 0 Å². The fourth-order valence-electron chi connectivity index (χ4n) is 0.237. The Hall–Kier alpha value is 0.690. The van der Waals surface area contributed by atoms with E-state index < -0.39 is 22.4 Å². The van der Waals surface area contributed by atoms with Gasteiger partial charge in [0.05, 0.1) is 0 Å². The van der Waals surface area contributed by atoms with Crippen LogP contribution < -0.4 is 35.3 Å². The molecule has 6 nitrogen and oxygen atoms in total. The molecule has 1 atom stereocenters. The Morgan fingerprint density at radius 1 is 1.67 bits per heavy atom. The van der Waals surface area contributed by atoms with Crippen molar-refractivity contribution in [2.45, 2.75) is 6.04 Å². The second-order valence-corrected chi connectivity index (χ2v) is 2.95. The van der Waals surface area contributed by atoms with Gasteiger partial charge in [-0.2, -0.15) is 12.6 Å². The summed E-state index contributed by atoms with van der Waals surface area (Å²) in [6.45, 7) is 0. The first kappa shape index (κ1) is 15.2. The maximum absolute atomic E-state index is 10.4. The maximum atomic E-state index is 10.4. The summed E-state index contributed by atoms with van der Waals surface area (Å²) in [5.41, 5.74) is 4.97. The molecule has 0 unspecified atom stereocenters. The van der Waals surface area contributed by atoms with Crippen LogP contribution in [0.15, 0.2) is 0 Å². The third kappa shape index (κ3) is 7.35. The average Bonchev–Trinajstić information content (AvgIpc) is 1.82. The Morgan fingerprint density at radius 3 is 2.33 bits per heavy atom. The summed E-state index contributed by atoms with van der Waals surface area (Å²) in [5, 5.41) is 0. The van der Waals surface area contributed by atoms with Gasteiger partial charge in [-0.3, -0.25) is 0 Å². The molecule has 0 bridgehead atoms. The van der Waals surface area contributed by atoms with Crippen molar-refractivity contribution in [1.29, 1.82) is 0 Å². The van der Waals surface area contributed by atoms with E-state index in [9.17, 15) is 17.8 Å². The maximum Gasteiger partial charge on any atom is 1.00 e. The van der Waals surface area contributed by atoms with Gasteiger partial charge >= 0.3 is 35.5 Å². The average molecular weight is 223 g/mol. The van der Waals surface area contributed by atoms with Crippen LogP contribution in [0.3, 0.4) is 0 Å². The predicted octanol–water partition coefficient (Wildman–Crippen LogP) is -4.75. The normalized spacial score (nSPS) is 12.9. The van der Waals surface area contributed by atoms with Gasteiger partial charge in [0.25, 0.3) is 10.4 Å². The molecular weight excluding hydrogens is 217 g/mol. The molecule has 0 rings (SSSR count). The Labute approximate surface area is 97.5 Å². The number of nitrogens with two attached hydrogens (primary N) is 1. The van der Waals surface area contributed by atoms with Crippen LogP contribution in [0.2, 0.25) is 0 Å². The van der Waals surface area contributed by atoms with Crippen molar-refractivity contribution < 1.29 is 51.5 Å². The molecule has 9 heteroatoms. The topological polar surface area (TPSA) is 110 Å². The Bertz CT molecular complexity index is 239. The van der Waals surface area contributed by atoms with E-state index in [4.69, 9.17) is 5.73 Å². The van der Waals surface area contributed by atoms with Gasteiger partial charge in [0.15, 0.2) is 0 Å². The predicted molar refractivity (Wildman–Crippen MR) is 37.6 cm³/mol. The first-order valence-corrected chi connectivity index (χ1v) is 4.39. The largest absolute Gasteiger partial charge is 1.00 e. The summed E-state index contributed by atoms with van der Waals surface area (Å²) in [7, 11) is -4.99. The van der Waals surface area contributed by atoms with Crippen molar-refractivity contribution >= 4 is 29.0 Å². The van der Waals surface area contributed by atoms with Crippen LogP contribution >= 0.6 is 12.6 Å². The zero-order valence-electron chi connectivity index (χ0n) is 6.26. The molecule has 12 heavy (non-hydrogen) atoms. The molecule has 2 N–H and O–H groups in total. The first-order valence-electron chi connectivity index (χ1n) is 2.42. The van der Waals surface area contributed by atoms with Crippen LogP contribution in [-0.4, -0.2) is 30.7 Å². The molecule has 0 radical (unpaired) electrons. The molecule has 0 aromatic heterocycles. The summed E-state index contributed by atoms with van der Waals surface area (Å²) in [6.07, 6.45) is 0. The van der Waals surface area contributed by atoms with E-state index in [0.29, 0.717) is 0 Å². The molecule has 0 aliphatic heterocycles. The first-order chi connectivity index (χ1) is 4.87. The van der Waals surface area contributed by atoms with Crippen LogP contribution in [0.1, 0.15) is 0 Å². The van der Waals surface area contributed by atoms with Gasteiger partial charge in [-0.25, -0.2) is 13.2 Å². The molecule has 0 spiro atoms. The van der Waals surface area contributed by atoms with E-state index in [1.807, 2.05) is 0 Å². The molecule has 0 aromatic carbocycles. The Kier molecular flexibility index (Phi) is 7.83. The molecule has 66 valence electrons. The van der Waals surface area contributed by atoms with E-state index in [1.54, 1.807) is 0 Å². The van der Waals surface area contributed by atoms with Crippen molar-refractivity contribution in [2.75, 3.05) is 5.75 Å². The molecule has 0 saturated carbocycles. The Morgan fingerprint density at radius 2 is 2.08 bits per heavy atom. The minimum Gasteiger partial charge on any atom is -0.716 e. The number of carbonyl (C=O) groups is 1. The van der Waals surface area contributed by atoms with Crippen LogP contribution in [0.4, 0.5) is 0 Å². The van der Waals surface area contributed by atoms with Crippen molar-refractivity contribution in [3.8, 4) is 0 Å². The van der Waals surface area contributed by atoms with Gasteiger partial charge in [-0.1, -0.05) is 0 Å². The van der Waals surface area contributed by atoms with E-state index in [1.165, 1.54) is 0 Å².